The van der Waals surface area contributed by atoms with Gasteiger partial charge in [0, 0.05) is 49.8 Å². The third-order valence-corrected chi connectivity index (χ3v) is 6.36. The number of anilines is 1. The molecule has 0 aliphatic carbocycles. The van der Waals surface area contributed by atoms with Crippen LogP contribution in [0.3, 0.4) is 0 Å². The third-order valence-electron chi connectivity index (χ3n) is 6.36. The Bertz CT molecular complexity index is 1050. The Morgan fingerprint density at radius 3 is 2.41 bits per heavy atom. The summed E-state index contributed by atoms with van der Waals surface area (Å²) in [4.78, 5) is 26.8. The van der Waals surface area contributed by atoms with Crippen LogP contribution in [-0.2, 0) is 6.42 Å². The first kappa shape index (κ1) is 22.1. The molecule has 0 spiro atoms. The predicted molar refractivity (Wildman–Crippen MR) is 126 cm³/mol. The van der Waals surface area contributed by atoms with E-state index < -0.39 is 0 Å². The number of aromatic nitrogens is 2. The maximum absolute atomic E-state index is 12.7. The highest BCUT2D eigenvalue weighted by atomic mass is 16.3. The van der Waals surface area contributed by atoms with E-state index >= 15 is 0 Å². The van der Waals surface area contributed by atoms with Crippen molar-refractivity contribution >= 4 is 11.7 Å². The third kappa shape index (κ3) is 4.69. The SMILES string of the molecule is CC[C@H](C)c1nc(C)c(Cc2ccc(C)cc2)c(N2CCN(C(=O)c3ccco3)CC2)n1. The Labute approximate surface area is 190 Å². The number of furan rings is 1. The Balaban J connectivity index is 1.60. The first-order valence-corrected chi connectivity index (χ1v) is 11.5. The predicted octanol–water partition coefficient (Wildman–Crippen LogP) is 4.75. The number of benzene rings is 1. The van der Waals surface area contributed by atoms with Gasteiger partial charge in [0.1, 0.15) is 11.6 Å². The molecule has 1 aromatic carbocycles. The maximum atomic E-state index is 12.7. The molecule has 1 aliphatic rings. The minimum Gasteiger partial charge on any atom is -0.459 e. The summed E-state index contributed by atoms with van der Waals surface area (Å²) >= 11 is 0. The molecule has 3 aromatic rings. The summed E-state index contributed by atoms with van der Waals surface area (Å²) in [7, 11) is 0. The van der Waals surface area contributed by atoms with Crippen molar-refractivity contribution in [1.82, 2.24) is 14.9 Å². The first-order valence-electron chi connectivity index (χ1n) is 11.5. The van der Waals surface area contributed by atoms with Gasteiger partial charge >= 0.3 is 0 Å². The van der Waals surface area contributed by atoms with E-state index in [2.05, 4.69) is 56.9 Å². The fraction of sp³-hybridized carbons (Fsp3) is 0.423. The van der Waals surface area contributed by atoms with Gasteiger partial charge in [-0.1, -0.05) is 43.7 Å². The molecule has 6 nitrogen and oxygen atoms in total. The molecule has 1 saturated heterocycles. The van der Waals surface area contributed by atoms with Crippen LogP contribution >= 0.6 is 0 Å². The molecule has 0 saturated carbocycles. The lowest BCUT2D eigenvalue weighted by atomic mass is 10.0. The zero-order valence-electron chi connectivity index (χ0n) is 19.5. The van der Waals surface area contributed by atoms with Crippen LogP contribution in [0.1, 0.15) is 64.9 Å². The van der Waals surface area contributed by atoms with E-state index in [0.717, 1.165) is 43.3 Å². The summed E-state index contributed by atoms with van der Waals surface area (Å²) in [6.07, 6.45) is 3.34. The van der Waals surface area contributed by atoms with Crippen molar-refractivity contribution in [2.45, 2.75) is 46.5 Å². The van der Waals surface area contributed by atoms with Crippen LogP contribution in [-0.4, -0.2) is 47.0 Å². The number of carbonyl (C=O) groups excluding carboxylic acids is 1. The second-order valence-corrected chi connectivity index (χ2v) is 8.70. The molecule has 0 radical (unpaired) electrons. The van der Waals surface area contributed by atoms with E-state index in [4.69, 9.17) is 14.4 Å². The quantitative estimate of drug-likeness (QED) is 0.562. The molecule has 1 fully saturated rings. The number of amides is 1. The average molecular weight is 433 g/mol. The van der Waals surface area contributed by atoms with Crippen molar-refractivity contribution in [3.05, 3.63) is 76.6 Å². The van der Waals surface area contributed by atoms with Crippen LogP contribution in [0, 0.1) is 13.8 Å². The highest BCUT2D eigenvalue weighted by Gasteiger charge is 2.27. The van der Waals surface area contributed by atoms with E-state index in [0.29, 0.717) is 24.8 Å². The van der Waals surface area contributed by atoms with Crippen molar-refractivity contribution in [3.63, 3.8) is 0 Å². The van der Waals surface area contributed by atoms with E-state index in [1.165, 1.54) is 16.7 Å². The van der Waals surface area contributed by atoms with E-state index in [-0.39, 0.29) is 5.91 Å². The van der Waals surface area contributed by atoms with Crippen LogP contribution in [0.15, 0.2) is 47.1 Å². The molecule has 0 N–H and O–H groups in total. The van der Waals surface area contributed by atoms with E-state index in [9.17, 15) is 4.79 Å². The molecule has 0 unspecified atom stereocenters. The Hall–Kier alpha value is -3.15. The molecular formula is C26H32N4O2. The summed E-state index contributed by atoms with van der Waals surface area (Å²) < 4.78 is 5.30. The molecule has 3 heterocycles. The second kappa shape index (κ2) is 9.55. The molecule has 0 bridgehead atoms. The number of nitrogens with zero attached hydrogens (tertiary/aromatic N) is 4. The van der Waals surface area contributed by atoms with Gasteiger partial charge in [-0.25, -0.2) is 9.97 Å². The minimum absolute atomic E-state index is 0.0475. The van der Waals surface area contributed by atoms with Gasteiger partial charge in [-0.3, -0.25) is 4.79 Å². The average Bonchev–Trinajstić information content (AvgIpc) is 3.35. The van der Waals surface area contributed by atoms with Gasteiger partial charge in [-0.2, -0.15) is 0 Å². The first-order chi connectivity index (χ1) is 15.5. The normalized spacial score (nSPS) is 15.1. The van der Waals surface area contributed by atoms with E-state index in [1.54, 1.807) is 18.4 Å². The van der Waals surface area contributed by atoms with Crippen molar-refractivity contribution in [3.8, 4) is 0 Å². The lowest BCUT2D eigenvalue weighted by Gasteiger charge is -2.36. The zero-order valence-corrected chi connectivity index (χ0v) is 19.5. The Morgan fingerprint density at radius 1 is 1.06 bits per heavy atom. The number of carbonyl (C=O) groups is 1. The molecular weight excluding hydrogens is 400 g/mol. The van der Waals surface area contributed by atoms with Crippen LogP contribution in [0.2, 0.25) is 0 Å². The topological polar surface area (TPSA) is 62.5 Å². The molecule has 1 aliphatic heterocycles. The number of hydrogen-bond donors (Lipinski definition) is 0. The van der Waals surface area contributed by atoms with Gasteiger partial charge in [0.25, 0.3) is 5.91 Å². The summed E-state index contributed by atoms with van der Waals surface area (Å²) in [5.41, 5.74) is 4.73. The molecule has 6 heteroatoms. The number of piperazine rings is 1. The monoisotopic (exact) mass is 432 g/mol. The molecule has 1 amide bonds. The van der Waals surface area contributed by atoms with Crippen molar-refractivity contribution in [2.75, 3.05) is 31.1 Å². The van der Waals surface area contributed by atoms with Gasteiger partial charge in [-0.05, 0) is 38.0 Å². The number of rotatable bonds is 6. The Morgan fingerprint density at radius 2 is 1.78 bits per heavy atom. The molecule has 1 atom stereocenters. The molecule has 168 valence electrons. The van der Waals surface area contributed by atoms with Gasteiger partial charge in [-0.15, -0.1) is 0 Å². The second-order valence-electron chi connectivity index (χ2n) is 8.70. The minimum atomic E-state index is -0.0475. The fourth-order valence-corrected chi connectivity index (χ4v) is 4.06. The molecule has 4 rings (SSSR count). The van der Waals surface area contributed by atoms with Crippen molar-refractivity contribution < 1.29 is 9.21 Å². The highest BCUT2D eigenvalue weighted by molar-refractivity contribution is 5.91. The van der Waals surface area contributed by atoms with Crippen molar-refractivity contribution in [2.24, 2.45) is 0 Å². The van der Waals surface area contributed by atoms with Gasteiger partial charge in [0.2, 0.25) is 0 Å². The summed E-state index contributed by atoms with van der Waals surface area (Å²) in [5.74, 6) is 2.58. The van der Waals surface area contributed by atoms with Gasteiger partial charge in [0.15, 0.2) is 5.76 Å². The fourth-order valence-electron chi connectivity index (χ4n) is 4.06. The van der Waals surface area contributed by atoms with Crippen LogP contribution in [0.5, 0.6) is 0 Å². The maximum Gasteiger partial charge on any atom is 0.289 e. The van der Waals surface area contributed by atoms with Gasteiger partial charge in [0.05, 0.1) is 6.26 Å². The van der Waals surface area contributed by atoms with E-state index in [1.807, 2.05) is 4.90 Å². The standard InChI is InChI=1S/C26H32N4O2/c1-5-19(3)24-27-20(4)22(17-21-10-8-18(2)9-11-21)25(28-24)29-12-14-30(15-13-29)26(31)23-7-6-16-32-23/h6-11,16,19H,5,12-15,17H2,1-4H3/t19-/m0/s1. The van der Waals surface area contributed by atoms with Crippen LogP contribution in [0.4, 0.5) is 5.82 Å². The molecule has 2 aromatic heterocycles. The highest BCUT2D eigenvalue weighted by Crippen LogP contribution is 2.28. The lowest BCUT2D eigenvalue weighted by Crippen LogP contribution is -2.49. The van der Waals surface area contributed by atoms with Crippen LogP contribution < -0.4 is 4.90 Å². The lowest BCUT2D eigenvalue weighted by molar-refractivity contribution is 0.0714. The molecule has 32 heavy (non-hydrogen) atoms. The van der Waals surface area contributed by atoms with Crippen molar-refractivity contribution in [1.29, 1.82) is 0 Å². The largest absolute Gasteiger partial charge is 0.459 e. The number of hydrogen-bond acceptors (Lipinski definition) is 5. The summed E-state index contributed by atoms with van der Waals surface area (Å²) in [6.45, 7) is 11.3. The Kier molecular flexibility index (Phi) is 6.58. The smallest absolute Gasteiger partial charge is 0.289 e. The van der Waals surface area contributed by atoms with Crippen LogP contribution in [0.25, 0.3) is 0 Å². The van der Waals surface area contributed by atoms with Gasteiger partial charge < -0.3 is 14.2 Å². The summed E-state index contributed by atoms with van der Waals surface area (Å²) in [5, 5.41) is 0. The number of aryl methyl sites for hydroxylation is 2. The zero-order chi connectivity index (χ0) is 22.7. The summed E-state index contributed by atoms with van der Waals surface area (Å²) in [6, 6.07) is 12.1.